The van der Waals surface area contributed by atoms with Gasteiger partial charge in [-0.2, -0.15) is 0 Å². The number of amides is 2. The summed E-state index contributed by atoms with van der Waals surface area (Å²) in [5, 5.41) is 0. The highest BCUT2D eigenvalue weighted by Gasteiger charge is 2.27. The second-order valence-corrected chi connectivity index (χ2v) is 4.87. The van der Waals surface area contributed by atoms with E-state index in [1.54, 1.807) is 24.8 Å². The number of primary amides is 2. The molecule has 0 saturated carbocycles. The third-order valence-corrected chi connectivity index (χ3v) is 3.36. The number of carbonyl (C=O) groups is 2. The van der Waals surface area contributed by atoms with Crippen molar-refractivity contribution in [3.8, 4) is 0 Å². The molecule has 9 nitrogen and oxygen atoms in total. The molecule has 9 heteroatoms. The second kappa shape index (κ2) is 5.79. The van der Waals surface area contributed by atoms with Gasteiger partial charge in [-0.3, -0.25) is 9.59 Å². The number of aromatic amines is 2. The van der Waals surface area contributed by atoms with Crippen LogP contribution in [0.1, 0.15) is 43.9 Å². The molecule has 0 saturated heterocycles. The van der Waals surface area contributed by atoms with Crippen LogP contribution >= 0.6 is 0 Å². The van der Waals surface area contributed by atoms with Crippen molar-refractivity contribution in [1.82, 2.24) is 19.9 Å². The van der Waals surface area contributed by atoms with Crippen LogP contribution in [-0.4, -0.2) is 31.8 Å². The monoisotopic (exact) mass is 314 g/mol. The fourth-order valence-corrected chi connectivity index (χ4v) is 2.40. The Kier molecular flexibility index (Phi) is 3.67. The maximum absolute atomic E-state index is 11.7. The van der Waals surface area contributed by atoms with Gasteiger partial charge in [0.2, 0.25) is 0 Å². The molecule has 3 aromatic heterocycles. The van der Waals surface area contributed by atoms with E-state index in [1.807, 2.05) is 0 Å². The number of H-pyrrole nitrogens is 2. The third kappa shape index (κ3) is 2.84. The SMILES string of the molecule is NC(=O)c1oc(C(N)=O)c(Cc2ncc[nH]2)c1Cc1ncc[nH]1. The van der Waals surface area contributed by atoms with Gasteiger partial charge in [0.05, 0.1) is 0 Å². The van der Waals surface area contributed by atoms with E-state index in [1.165, 1.54) is 0 Å². The van der Waals surface area contributed by atoms with Crippen molar-refractivity contribution >= 4 is 11.8 Å². The van der Waals surface area contributed by atoms with Gasteiger partial charge < -0.3 is 25.9 Å². The van der Waals surface area contributed by atoms with Gasteiger partial charge in [-0.05, 0) is 0 Å². The molecular weight excluding hydrogens is 300 g/mol. The second-order valence-electron chi connectivity index (χ2n) is 4.87. The molecule has 3 aromatic rings. The summed E-state index contributed by atoms with van der Waals surface area (Å²) in [7, 11) is 0. The van der Waals surface area contributed by atoms with Crippen LogP contribution in [0.15, 0.2) is 29.2 Å². The molecule has 6 N–H and O–H groups in total. The van der Waals surface area contributed by atoms with E-state index >= 15 is 0 Å². The average Bonchev–Trinajstić information content (AvgIpc) is 3.22. The largest absolute Gasteiger partial charge is 0.445 e. The molecule has 0 aromatic carbocycles. The van der Waals surface area contributed by atoms with Crippen LogP contribution < -0.4 is 11.5 Å². The maximum atomic E-state index is 11.7. The standard InChI is InChI=1S/C14H14N6O3/c15-13(21)11-7(5-9-17-1-2-18-9)8(12(23-11)14(16)22)6-10-19-3-4-20-10/h1-4H,5-6H2,(H2,15,21)(H2,16,22)(H,17,18)(H,19,20). The van der Waals surface area contributed by atoms with Crippen LogP contribution in [0.25, 0.3) is 0 Å². The van der Waals surface area contributed by atoms with E-state index in [-0.39, 0.29) is 24.4 Å². The lowest BCUT2D eigenvalue weighted by molar-refractivity contribution is 0.0950. The summed E-state index contributed by atoms with van der Waals surface area (Å²) in [4.78, 5) is 37.4. The number of hydrogen-bond donors (Lipinski definition) is 4. The van der Waals surface area contributed by atoms with Crippen LogP contribution in [0.4, 0.5) is 0 Å². The Labute approximate surface area is 130 Å². The summed E-state index contributed by atoms with van der Waals surface area (Å²) in [5.74, 6) is -0.553. The molecule has 2 amide bonds. The predicted molar refractivity (Wildman–Crippen MR) is 78.5 cm³/mol. The highest BCUT2D eigenvalue weighted by molar-refractivity contribution is 5.97. The normalized spacial score (nSPS) is 10.8. The first kappa shape index (κ1) is 14.6. The smallest absolute Gasteiger partial charge is 0.284 e. The minimum absolute atomic E-state index is 0.100. The van der Waals surface area contributed by atoms with E-state index in [0.717, 1.165) is 0 Å². The van der Waals surface area contributed by atoms with Crippen molar-refractivity contribution in [1.29, 1.82) is 0 Å². The Balaban J connectivity index is 2.12. The molecule has 0 unspecified atom stereocenters. The summed E-state index contributed by atoms with van der Waals surface area (Å²) >= 11 is 0. The van der Waals surface area contributed by atoms with Crippen LogP contribution in [0.2, 0.25) is 0 Å². The first-order valence-electron chi connectivity index (χ1n) is 6.77. The fraction of sp³-hybridized carbons (Fsp3) is 0.143. The van der Waals surface area contributed by atoms with Gasteiger partial charge in [0.1, 0.15) is 11.6 Å². The molecule has 0 radical (unpaired) electrons. The van der Waals surface area contributed by atoms with Gasteiger partial charge in [0, 0.05) is 48.8 Å². The number of furan rings is 1. The van der Waals surface area contributed by atoms with Crippen LogP contribution in [0, 0.1) is 0 Å². The van der Waals surface area contributed by atoms with Crippen molar-refractivity contribution in [2.75, 3.05) is 0 Å². The lowest BCUT2D eigenvalue weighted by Gasteiger charge is -2.03. The Morgan fingerprint density at radius 2 is 1.35 bits per heavy atom. The Hall–Kier alpha value is -3.36. The lowest BCUT2D eigenvalue weighted by atomic mass is 10.0. The first-order valence-corrected chi connectivity index (χ1v) is 6.77. The fourth-order valence-electron chi connectivity index (χ4n) is 2.40. The van der Waals surface area contributed by atoms with E-state index in [2.05, 4.69) is 19.9 Å². The highest BCUT2D eigenvalue weighted by Crippen LogP contribution is 2.26. The molecule has 0 aliphatic heterocycles. The Morgan fingerprint density at radius 3 is 1.65 bits per heavy atom. The van der Waals surface area contributed by atoms with Crippen molar-refractivity contribution in [2.45, 2.75) is 12.8 Å². The van der Waals surface area contributed by atoms with Gasteiger partial charge in [-0.25, -0.2) is 9.97 Å². The number of imidazole rings is 2. The van der Waals surface area contributed by atoms with Crippen molar-refractivity contribution in [3.63, 3.8) is 0 Å². The summed E-state index contributed by atoms with van der Waals surface area (Å²) in [6.45, 7) is 0. The number of carbonyl (C=O) groups excluding carboxylic acids is 2. The Morgan fingerprint density at radius 1 is 0.913 bits per heavy atom. The van der Waals surface area contributed by atoms with E-state index < -0.39 is 11.8 Å². The minimum atomic E-state index is -0.778. The number of aromatic nitrogens is 4. The quantitative estimate of drug-likeness (QED) is 0.507. The summed E-state index contributed by atoms with van der Waals surface area (Å²) in [6.07, 6.45) is 6.97. The number of nitrogens with two attached hydrogens (primary N) is 2. The van der Waals surface area contributed by atoms with Gasteiger partial charge >= 0.3 is 0 Å². The minimum Gasteiger partial charge on any atom is -0.445 e. The van der Waals surface area contributed by atoms with E-state index in [0.29, 0.717) is 22.8 Å². The third-order valence-electron chi connectivity index (χ3n) is 3.36. The molecule has 0 aliphatic rings. The van der Waals surface area contributed by atoms with E-state index in [4.69, 9.17) is 15.9 Å². The highest BCUT2D eigenvalue weighted by atomic mass is 16.4. The lowest BCUT2D eigenvalue weighted by Crippen LogP contribution is -2.13. The molecule has 0 spiro atoms. The molecule has 0 bridgehead atoms. The zero-order valence-corrected chi connectivity index (χ0v) is 12.0. The van der Waals surface area contributed by atoms with Crippen molar-refractivity contribution in [2.24, 2.45) is 11.5 Å². The molecule has 0 fully saturated rings. The zero-order chi connectivity index (χ0) is 16.4. The van der Waals surface area contributed by atoms with Crippen LogP contribution in [-0.2, 0) is 12.8 Å². The maximum Gasteiger partial charge on any atom is 0.284 e. The number of nitrogens with zero attached hydrogens (tertiary/aromatic N) is 2. The summed E-state index contributed by atoms with van der Waals surface area (Å²) < 4.78 is 5.33. The predicted octanol–water partition coefficient (Wildman–Crippen LogP) is 0.105. The molecule has 0 aliphatic carbocycles. The molecule has 0 atom stereocenters. The van der Waals surface area contributed by atoms with Crippen LogP contribution in [0.5, 0.6) is 0 Å². The van der Waals surface area contributed by atoms with Gasteiger partial charge in [-0.15, -0.1) is 0 Å². The topological polar surface area (TPSA) is 157 Å². The summed E-state index contributed by atoms with van der Waals surface area (Å²) in [5.41, 5.74) is 11.7. The number of nitrogens with one attached hydrogen (secondary N) is 2. The average molecular weight is 314 g/mol. The number of rotatable bonds is 6. The van der Waals surface area contributed by atoms with Crippen molar-refractivity contribution < 1.29 is 14.0 Å². The molecule has 3 rings (SSSR count). The molecule has 23 heavy (non-hydrogen) atoms. The van der Waals surface area contributed by atoms with Gasteiger partial charge in [-0.1, -0.05) is 0 Å². The molecule has 118 valence electrons. The van der Waals surface area contributed by atoms with Crippen molar-refractivity contribution in [3.05, 3.63) is 59.1 Å². The van der Waals surface area contributed by atoms with Gasteiger partial charge in [0.25, 0.3) is 11.8 Å². The summed E-state index contributed by atoms with van der Waals surface area (Å²) in [6, 6.07) is 0. The zero-order valence-electron chi connectivity index (χ0n) is 12.0. The molecular formula is C14H14N6O3. The number of hydrogen-bond acceptors (Lipinski definition) is 5. The first-order chi connectivity index (χ1) is 11.1. The van der Waals surface area contributed by atoms with Gasteiger partial charge in [0.15, 0.2) is 11.5 Å². The Bertz CT molecular complexity index is 764. The van der Waals surface area contributed by atoms with E-state index in [9.17, 15) is 9.59 Å². The van der Waals surface area contributed by atoms with Crippen LogP contribution in [0.3, 0.4) is 0 Å². The molecule has 3 heterocycles.